The van der Waals surface area contributed by atoms with Gasteiger partial charge in [0.05, 0.1) is 6.10 Å². The van der Waals surface area contributed by atoms with Gasteiger partial charge in [-0.05, 0) is 60.7 Å². The fraction of sp³-hybridized carbons (Fsp3) is 0.125. The van der Waals surface area contributed by atoms with Gasteiger partial charge in [-0.2, -0.15) is 0 Å². The van der Waals surface area contributed by atoms with E-state index in [1.807, 2.05) is 30.3 Å². The van der Waals surface area contributed by atoms with Gasteiger partial charge in [0.15, 0.2) is 0 Å². The zero-order valence-corrected chi connectivity index (χ0v) is 13.2. The van der Waals surface area contributed by atoms with Gasteiger partial charge < -0.3 is 5.11 Å². The third-order valence-electron chi connectivity index (χ3n) is 3.45. The van der Waals surface area contributed by atoms with Crippen LogP contribution in [0.5, 0.6) is 0 Å². The number of rotatable bonds is 1. The fourth-order valence-electron chi connectivity index (χ4n) is 2.45. The molecule has 0 heterocycles. The molecule has 0 spiro atoms. The third-order valence-corrected chi connectivity index (χ3v) is 5.30. The highest BCUT2D eigenvalue weighted by Crippen LogP contribution is 2.41. The van der Waals surface area contributed by atoms with Crippen LogP contribution >= 0.6 is 31.9 Å². The summed E-state index contributed by atoms with van der Waals surface area (Å²) in [6.45, 7) is 0. The molecule has 3 heteroatoms. The molecule has 0 bridgehead atoms. The molecule has 0 aromatic heterocycles. The van der Waals surface area contributed by atoms with Crippen molar-refractivity contribution in [2.45, 2.75) is 12.0 Å². The van der Waals surface area contributed by atoms with E-state index in [4.69, 9.17) is 0 Å². The first-order chi connectivity index (χ1) is 9.16. The maximum Gasteiger partial charge on any atom is 0.0899 e. The van der Waals surface area contributed by atoms with Crippen molar-refractivity contribution in [3.8, 4) is 0 Å². The first-order valence-corrected chi connectivity index (χ1v) is 7.65. The Hall–Kier alpha value is -0.900. The molecule has 2 aromatic carbocycles. The minimum atomic E-state index is -0.508. The monoisotopic (exact) mass is 378 g/mol. The van der Waals surface area contributed by atoms with Gasteiger partial charge in [-0.15, -0.1) is 0 Å². The summed E-state index contributed by atoms with van der Waals surface area (Å²) in [7, 11) is 0. The van der Waals surface area contributed by atoms with Crippen LogP contribution in [0.4, 0.5) is 0 Å². The second kappa shape index (κ2) is 5.23. The van der Waals surface area contributed by atoms with Gasteiger partial charge in [-0.1, -0.05) is 42.5 Å². The molecule has 19 heavy (non-hydrogen) atoms. The number of fused-ring (bicyclic) bond motifs is 1. The van der Waals surface area contributed by atoms with E-state index in [0.29, 0.717) is 0 Å². The van der Waals surface area contributed by atoms with Crippen LogP contribution in [0.25, 0.3) is 6.08 Å². The Balaban J connectivity index is 2.05. The summed E-state index contributed by atoms with van der Waals surface area (Å²) in [6, 6.07) is 14.1. The Morgan fingerprint density at radius 1 is 0.947 bits per heavy atom. The summed E-state index contributed by atoms with van der Waals surface area (Å²) in [5.74, 6) is 0.0155. The molecule has 0 amide bonds. The zero-order chi connectivity index (χ0) is 13.4. The molecule has 2 atom stereocenters. The molecule has 96 valence electrons. The van der Waals surface area contributed by atoms with E-state index in [2.05, 4.69) is 56.1 Å². The van der Waals surface area contributed by atoms with Crippen LogP contribution in [-0.4, -0.2) is 5.11 Å². The highest BCUT2D eigenvalue weighted by Gasteiger charge is 2.26. The first kappa shape index (κ1) is 13.1. The smallest absolute Gasteiger partial charge is 0.0899 e. The molecule has 0 fully saturated rings. The molecule has 0 saturated carbocycles. The van der Waals surface area contributed by atoms with Crippen molar-refractivity contribution in [1.29, 1.82) is 0 Å². The van der Waals surface area contributed by atoms with E-state index in [1.54, 1.807) is 0 Å². The van der Waals surface area contributed by atoms with Crippen LogP contribution in [-0.2, 0) is 0 Å². The van der Waals surface area contributed by atoms with Gasteiger partial charge in [0.2, 0.25) is 0 Å². The number of hydrogen-bond acceptors (Lipinski definition) is 1. The lowest BCUT2D eigenvalue weighted by molar-refractivity contribution is 0.160. The molecular formula is C16H12Br2O. The molecule has 0 saturated heterocycles. The van der Waals surface area contributed by atoms with E-state index < -0.39 is 6.10 Å². The largest absolute Gasteiger partial charge is 0.387 e. The van der Waals surface area contributed by atoms with Gasteiger partial charge in [0, 0.05) is 14.9 Å². The van der Waals surface area contributed by atoms with Gasteiger partial charge in [0.1, 0.15) is 0 Å². The second-order valence-electron chi connectivity index (χ2n) is 4.64. The van der Waals surface area contributed by atoms with Crippen LogP contribution in [0, 0.1) is 0 Å². The first-order valence-electron chi connectivity index (χ1n) is 6.07. The number of aliphatic hydroxyl groups is 1. The van der Waals surface area contributed by atoms with Crippen LogP contribution in [0.2, 0.25) is 0 Å². The van der Waals surface area contributed by atoms with Gasteiger partial charge >= 0.3 is 0 Å². The Morgan fingerprint density at radius 2 is 1.63 bits per heavy atom. The van der Waals surface area contributed by atoms with E-state index in [-0.39, 0.29) is 5.92 Å². The zero-order valence-electron chi connectivity index (χ0n) is 10.1. The number of hydrogen-bond donors (Lipinski definition) is 1. The topological polar surface area (TPSA) is 20.2 Å². The Kier molecular flexibility index (Phi) is 3.61. The Bertz CT molecular complexity index is 635. The number of benzene rings is 2. The molecule has 2 aromatic rings. The van der Waals surface area contributed by atoms with Crippen molar-refractivity contribution >= 4 is 37.9 Å². The quantitative estimate of drug-likeness (QED) is 0.734. The lowest BCUT2D eigenvalue weighted by Crippen LogP contribution is -2.13. The lowest BCUT2D eigenvalue weighted by atomic mass is 9.83. The maximum absolute atomic E-state index is 10.6. The third kappa shape index (κ3) is 2.42. The van der Waals surface area contributed by atoms with Crippen LogP contribution in [0.1, 0.15) is 28.7 Å². The highest BCUT2D eigenvalue weighted by atomic mass is 79.9. The second-order valence-corrected chi connectivity index (χ2v) is 6.34. The van der Waals surface area contributed by atoms with Crippen molar-refractivity contribution in [2.75, 3.05) is 0 Å². The van der Waals surface area contributed by atoms with E-state index in [9.17, 15) is 5.11 Å². The van der Waals surface area contributed by atoms with E-state index >= 15 is 0 Å². The van der Waals surface area contributed by atoms with Crippen molar-refractivity contribution in [2.24, 2.45) is 0 Å². The molecular weight excluding hydrogens is 368 g/mol. The maximum atomic E-state index is 10.6. The summed E-state index contributed by atoms with van der Waals surface area (Å²) < 4.78 is 1.97. The van der Waals surface area contributed by atoms with Crippen molar-refractivity contribution in [3.63, 3.8) is 0 Å². The average molecular weight is 380 g/mol. The van der Waals surface area contributed by atoms with E-state index in [1.165, 1.54) is 0 Å². The molecule has 1 N–H and O–H groups in total. The summed E-state index contributed by atoms with van der Waals surface area (Å²) in [6.07, 6.45) is 3.64. The van der Waals surface area contributed by atoms with E-state index in [0.717, 1.165) is 25.6 Å². The summed E-state index contributed by atoms with van der Waals surface area (Å²) in [5, 5.41) is 10.6. The summed E-state index contributed by atoms with van der Waals surface area (Å²) in [4.78, 5) is 0. The predicted octanol–water partition coefficient (Wildman–Crippen LogP) is 5.06. The Labute approximate surface area is 129 Å². The molecule has 1 nitrogen and oxygen atoms in total. The molecule has 0 aliphatic heterocycles. The normalized spacial score (nSPS) is 21.2. The van der Waals surface area contributed by atoms with Crippen molar-refractivity contribution < 1.29 is 5.11 Å². The molecule has 1 aliphatic rings. The minimum absolute atomic E-state index is 0.0155. The molecule has 3 rings (SSSR count). The highest BCUT2D eigenvalue weighted by molar-refractivity contribution is 9.13. The SMILES string of the molecule is OC1c2cc(Br)c(Br)cc2C=C[C@@H]1c1ccccc1. The van der Waals surface area contributed by atoms with Gasteiger partial charge in [-0.3, -0.25) is 0 Å². The molecule has 1 unspecified atom stereocenters. The standard InChI is InChI=1S/C16H12Br2O/c17-14-8-11-6-7-12(10-4-2-1-3-5-10)16(19)13(11)9-15(14)18/h1-9,12,16,19H/t12-,16?/m1/s1. The number of aliphatic hydroxyl groups excluding tert-OH is 1. The van der Waals surface area contributed by atoms with Crippen molar-refractivity contribution in [3.05, 3.63) is 74.2 Å². The van der Waals surface area contributed by atoms with Crippen LogP contribution in [0.15, 0.2) is 57.5 Å². The molecule has 1 aliphatic carbocycles. The van der Waals surface area contributed by atoms with Crippen molar-refractivity contribution in [1.82, 2.24) is 0 Å². The van der Waals surface area contributed by atoms with Gasteiger partial charge in [-0.25, -0.2) is 0 Å². The average Bonchev–Trinajstić information content (AvgIpc) is 2.42. The number of halogens is 2. The summed E-state index contributed by atoms with van der Waals surface area (Å²) in [5.41, 5.74) is 3.16. The predicted molar refractivity (Wildman–Crippen MR) is 85.0 cm³/mol. The van der Waals surface area contributed by atoms with Gasteiger partial charge in [0.25, 0.3) is 0 Å². The minimum Gasteiger partial charge on any atom is -0.387 e. The fourth-order valence-corrected chi connectivity index (χ4v) is 3.17. The molecule has 0 radical (unpaired) electrons. The Morgan fingerprint density at radius 3 is 2.37 bits per heavy atom. The van der Waals surface area contributed by atoms with Crippen LogP contribution in [0.3, 0.4) is 0 Å². The lowest BCUT2D eigenvalue weighted by Gasteiger charge is -2.26. The summed E-state index contributed by atoms with van der Waals surface area (Å²) >= 11 is 6.99. The van der Waals surface area contributed by atoms with Crippen LogP contribution < -0.4 is 0 Å².